The van der Waals surface area contributed by atoms with Gasteiger partial charge in [0.25, 0.3) is 0 Å². The Balaban J connectivity index is 1.90. The summed E-state index contributed by atoms with van der Waals surface area (Å²) in [4.78, 5) is 16.4. The number of ether oxygens (including phenoxy) is 1. The zero-order valence-corrected chi connectivity index (χ0v) is 12.4. The summed E-state index contributed by atoms with van der Waals surface area (Å²) in [5.74, 6) is 0.935. The Kier molecular flexibility index (Phi) is 5.43. The number of benzene rings is 1. The number of aromatic nitrogens is 2. The van der Waals surface area contributed by atoms with E-state index in [0.29, 0.717) is 23.2 Å². The predicted octanol–water partition coefficient (Wildman–Crippen LogP) is 3.12. The largest absolute Gasteiger partial charge is 0.466 e. The minimum absolute atomic E-state index is 0.00238. The molecule has 0 unspecified atom stereocenters. The first-order valence-electron chi connectivity index (χ1n) is 6.03. The molecule has 2 aromatic rings. The highest BCUT2D eigenvalue weighted by molar-refractivity contribution is 7.98. The van der Waals surface area contributed by atoms with Crippen LogP contribution in [0.15, 0.2) is 33.7 Å². The van der Waals surface area contributed by atoms with E-state index in [2.05, 4.69) is 10.1 Å². The highest BCUT2D eigenvalue weighted by Crippen LogP contribution is 2.28. The lowest BCUT2D eigenvalue weighted by atomic mass is 10.4. The van der Waals surface area contributed by atoms with Gasteiger partial charge in [-0.25, -0.2) is 0 Å². The number of nitrogens with zero attached hydrogens (tertiary/aromatic N) is 2. The molecule has 0 saturated carbocycles. The number of esters is 1. The molecule has 0 atom stereocenters. The summed E-state index contributed by atoms with van der Waals surface area (Å²) in [6.07, 6.45) is -0.00238. The molecule has 1 heterocycles. The Morgan fingerprint density at radius 2 is 2.25 bits per heavy atom. The molecule has 1 aromatic heterocycles. The van der Waals surface area contributed by atoms with Crippen LogP contribution in [0.5, 0.6) is 0 Å². The zero-order valence-electron chi connectivity index (χ0n) is 10.8. The summed E-state index contributed by atoms with van der Waals surface area (Å²) in [5, 5.41) is 4.50. The van der Waals surface area contributed by atoms with E-state index in [9.17, 15) is 4.79 Å². The van der Waals surface area contributed by atoms with Gasteiger partial charge in [0.1, 0.15) is 6.42 Å². The van der Waals surface area contributed by atoms with Crippen LogP contribution in [-0.2, 0) is 21.7 Å². The van der Waals surface area contributed by atoms with Crippen molar-refractivity contribution in [2.45, 2.75) is 24.0 Å². The molecule has 0 radical (unpaired) electrons. The quantitative estimate of drug-likeness (QED) is 0.603. The molecule has 1 aromatic carbocycles. The van der Waals surface area contributed by atoms with E-state index in [1.165, 1.54) is 11.8 Å². The summed E-state index contributed by atoms with van der Waals surface area (Å²) < 4.78 is 9.80. The molecule has 106 valence electrons. The van der Waals surface area contributed by atoms with Crippen LogP contribution in [0.1, 0.15) is 18.6 Å². The fraction of sp³-hybridized carbons (Fsp3) is 0.308. The van der Waals surface area contributed by atoms with Gasteiger partial charge < -0.3 is 9.26 Å². The lowest BCUT2D eigenvalue weighted by molar-refractivity contribution is -0.142. The van der Waals surface area contributed by atoms with E-state index < -0.39 is 0 Å². The van der Waals surface area contributed by atoms with Crippen LogP contribution >= 0.6 is 23.4 Å². The minimum atomic E-state index is -0.374. The maximum atomic E-state index is 11.3. The molecule has 0 bridgehead atoms. The van der Waals surface area contributed by atoms with Crippen LogP contribution in [0.2, 0.25) is 5.02 Å². The second-order valence-electron chi connectivity index (χ2n) is 3.81. The van der Waals surface area contributed by atoms with E-state index in [1.54, 1.807) is 6.92 Å². The maximum Gasteiger partial charge on any atom is 0.315 e. The van der Waals surface area contributed by atoms with E-state index in [4.69, 9.17) is 20.9 Å². The summed E-state index contributed by atoms with van der Waals surface area (Å²) >= 11 is 7.56. The average molecular weight is 313 g/mol. The SMILES string of the molecule is CCOC(=O)Cc1nc(CSc2ccccc2Cl)no1. The molecule has 0 aliphatic heterocycles. The lowest BCUT2D eigenvalue weighted by Crippen LogP contribution is -2.07. The lowest BCUT2D eigenvalue weighted by Gasteiger charge is -2.00. The molecule has 0 fully saturated rings. The third kappa shape index (κ3) is 4.25. The second-order valence-corrected chi connectivity index (χ2v) is 5.23. The van der Waals surface area contributed by atoms with Crippen molar-refractivity contribution in [3.05, 3.63) is 41.0 Å². The van der Waals surface area contributed by atoms with Crippen molar-refractivity contribution in [3.63, 3.8) is 0 Å². The van der Waals surface area contributed by atoms with Gasteiger partial charge in [-0.3, -0.25) is 4.79 Å². The predicted molar refractivity (Wildman–Crippen MR) is 75.6 cm³/mol. The molecule has 0 saturated heterocycles. The van der Waals surface area contributed by atoms with E-state index in [1.807, 2.05) is 24.3 Å². The van der Waals surface area contributed by atoms with Gasteiger partial charge in [0.2, 0.25) is 5.89 Å². The molecule has 5 nitrogen and oxygen atoms in total. The smallest absolute Gasteiger partial charge is 0.315 e. The van der Waals surface area contributed by atoms with Crippen molar-refractivity contribution in [3.8, 4) is 0 Å². The van der Waals surface area contributed by atoms with Gasteiger partial charge in [0, 0.05) is 4.90 Å². The monoisotopic (exact) mass is 312 g/mol. The number of hydrogen-bond acceptors (Lipinski definition) is 6. The number of carbonyl (C=O) groups excluding carboxylic acids is 1. The zero-order chi connectivity index (χ0) is 14.4. The molecule has 2 rings (SSSR count). The van der Waals surface area contributed by atoms with E-state index >= 15 is 0 Å². The Hall–Kier alpha value is -1.53. The number of halogens is 1. The van der Waals surface area contributed by atoms with Crippen LogP contribution in [0, 0.1) is 0 Å². The van der Waals surface area contributed by atoms with Crippen LogP contribution in [0.3, 0.4) is 0 Å². The van der Waals surface area contributed by atoms with Crippen molar-refractivity contribution in [1.82, 2.24) is 10.1 Å². The summed E-state index contributed by atoms with van der Waals surface area (Å²) in [7, 11) is 0. The van der Waals surface area contributed by atoms with E-state index in [-0.39, 0.29) is 18.3 Å². The van der Waals surface area contributed by atoms with E-state index in [0.717, 1.165) is 4.90 Å². The topological polar surface area (TPSA) is 65.2 Å². The molecule has 0 aliphatic carbocycles. The van der Waals surface area contributed by atoms with Crippen LogP contribution in [0.25, 0.3) is 0 Å². The highest BCUT2D eigenvalue weighted by Gasteiger charge is 2.12. The van der Waals surface area contributed by atoms with Gasteiger partial charge in [-0.15, -0.1) is 11.8 Å². The normalized spacial score (nSPS) is 10.5. The molecule has 0 spiro atoms. The highest BCUT2D eigenvalue weighted by atomic mass is 35.5. The Labute approximate surface area is 125 Å². The standard InChI is InChI=1S/C13H13ClN2O3S/c1-2-18-13(17)7-12-15-11(16-19-12)8-20-10-6-4-3-5-9(10)14/h3-6H,2,7-8H2,1H3. The van der Waals surface area contributed by atoms with Crippen molar-refractivity contribution in [2.75, 3.05) is 6.61 Å². The fourth-order valence-corrected chi connectivity index (χ4v) is 2.54. The molecule has 20 heavy (non-hydrogen) atoms. The Morgan fingerprint density at radius 1 is 1.45 bits per heavy atom. The van der Waals surface area contributed by atoms with Gasteiger partial charge in [0.05, 0.1) is 17.4 Å². The van der Waals surface area contributed by atoms with Crippen molar-refractivity contribution in [2.24, 2.45) is 0 Å². The number of rotatable bonds is 6. The Morgan fingerprint density at radius 3 is 3.00 bits per heavy atom. The van der Waals surface area contributed by atoms with Crippen molar-refractivity contribution in [1.29, 1.82) is 0 Å². The number of thioether (sulfide) groups is 1. The second kappa shape index (κ2) is 7.31. The van der Waals surface area contributed by atoms with Gasteiger partial charge >= 0.3 is 5.97 Å². The molecule has 7 heteroatoms. The van der Waals surface area contributed by atoms with Gasteiger partial charge in [-0.1, -0.05) is 28.9 Å². The molecule has 0 aliphatic rings. The first kappa shape index (κ1) is 14.9. The van der Waals surface area contributed by atoms with Crippen LogP contribution in [0.4, 0.5) is 0 Å². The van der Waals surface area contributed by atoms with Gasteiger partial charge in [-0.2, -0.15) is 4.98 Å². The van der Waals surface area contributed by atoms with Crippen LogP contribution in [-0.4, -0.2) is 22.7 Å². The van der Waals surface area contributed by atoms with Crippen molar-refractivity contribution < 1.29 is 14.1 Å². The Bertz CT molecular complexity index is 589. The third-order valence-corrected chi connectivity index (χ3v) is 3.82. The molecular formula is C13H13ClN2O3S. The molecule has 0 N–H and O–H groups in total. The molecular weight excluding hydrogens is 300 g/mol. The van der Waals surface area contributed by atoms with Gasteiger partial charge in [0.15, 0.2) is 5.82 Å². The maximum absolute atomic E-state index is 11.3. The number of hydrogen-bond donors (Lipinski definition) is 0. The van der Waals surface area contributed by atoms with Gasteiger partial charge in [-0.05, 0) is 19.1 Å². The third-order valence-electron chi connectivity index (χ3n) is 2.30. The fourth-order valence-electron chi connectivity index (χ4n) is 1.46. The summed E-state index contributed by atoms with van der Waals surface area (Å²) in [6.45, 7) is 2.08. The first-order valence-corrected chi connectivity index (χ1v) is 7.39. The van der Waals surface area contributed by atoms with Crippen LogP contribution < -0.4 is 0 Å². The number of carbonyl (C=O) groups is 1. The minimum Gasteiger partial charge on any atom is -0.466 e. The average Bonchev–Trinajstić information content (AvgIpc) is 2.85. The first-order chi connectivity index (χ1) is 9.69. The summed E-state index contributed by atoms with van der Waals surface area (Å²) in [6, 6.07) is 7.54. The summed E-state index contributed by atoms with van der Waals surface area (Å²) in [5.41, 5.74) is 0. The van der Waals surface area contributed by atoms with Crippen molar-refractivity contribution >= 4 is 29.3 Å². The molecule has 0 amide bonds.